The van der Waals surface area contributed by atoms with Crippen LogP contribution in [0.5, 0.6) is 0 Å². The van der Waals surface area contributed by atoms with Crippen LogP contribution in [0.25, 0.3) is 0 Å². The SMILES string of the molecule is Cc1cc(N2CCN(c3cccc(COC(=O)NC(=N)N)c3F)CC2)cc(C)n1. The summed E-state index contributed by atoms with van der Waals surface area (Å²) >= 11 is 0. The number of anilines is 2. The summed E-state index contributed by atoms with van der Waals surface area (Å²) in [4.78, 5) is 20.1. The molecule has 4 N–H and O–H groups in total. The number of alkyl carbamates (subject to hydrolysis) is 1. The van der Waals surface area contributed by atoms with E-state index in [1.54, 1.807) is 18.2 Å². The number of rotatable bonds is 4. The number of hydrogen-bond donors (Lipinski definition) is 3. The van der Waals surface area contributed by atoms with Crippen LogP contribution in [0.4, 0.5) is 20.6 Å². The Balaban J connectivity index is 1.64. The number of guanidine groups is 1. The number of halogens is 1. The van der Waals surface area contributed by atoms with Crippen molar-refractivity contribution in [1.29, 1.82) is 5.41 Å². The zero-order valence-electron chi connectivity index (χ0n) is 16.5. The van der Waals surface area contributed by atoms with Crippen molar-refractivity contribution >= 4 is 23.4 Å². The van der Waals surface area contributed by atoms with Gasteiger partial charge >= 0.3 is 6.09 Å². The number of aryl methyl sites for hydroxylation is 2. The second-order valence-corrected chi connectivity index (χ2v) is 6.95. The maximum atomic E-state index is 15.0. The minimum Gasteiger partial charge on any atom is -0.444 e. The van der Waals surface area contributed by atoms with E-state index >= 15 is 0 Å². The summed E-state index contributed by atoms with van der Waals surface area (Å²) in [6.07, 6.45) is -0.890. The van der Waals surface area contributed by atoms with Crippen LogP contribution in [0, 0.1) is 25.1 Å². The number of pyridine rings is 1. The number of piperazine rings is 1. The first-order chi connectivity index (χ1) is 13.8. The number of carbonyl (C=O) groups is 1. The number of benzene rings is 1. The molecule has 2 heterocycles. The fourth-order valence-electron chi connectivity index (χ4n) is 3.41. The van der Waals surface area contributed by atoms with Crippen molar-refractivity contribution in [2.24, 2.45) is 5.73 Å². The van der Waals surface area contributed by atoms with Crippen LogP contribution in [0.3, 0.4) is 0 Å². The van der Waals surface area contributed by atoms with Gasteiger partial charge in [0, 0.05) is 48.8 Å². The molecule has 9 heteroatoms. The summed E-state index contributed by atoms with van der Waals surface area (Å²) in [6.45, 7) is 6.60. The second-order valence-electron chi connectivity index (χ2n) is 6.95. The number of nitrogens with two attached hydrogens (primary N) is 1. The van der Waals surface area contributed by atoms with Gasteiger partial charge in [-0.25, -0.2) is 9.18 Å². The van der Waals surface area contributed by atoms with E-state index in [0.29, 0.717) is 18.8 Å². The molecule has 2 aromatic rings. The molecule has 0 bridgehead atoms. The average Bonchev–Trinajstić information content (AvgIpc) is 2.66. The van der Waals surface area contributed by atoms with Gasteiger partial charge in [0.05, 0.1) is 5.69 Å². The largest absolute Gasteiger partial charge is 0.444 e. The van der Waals surface area contributed by atoms with E-state index in [0.717, 1.165) is 30.2 Å². The second kappa shape index (κ2) is 8.76. The lowest BCUT2D eigenvalue weighted by atomic mass is 10.1. The Kier molecular flexibility index (Phi) is 6.16. The van der Waals surface area contributed by atoms with Crippen molar-refractivity contribution in [2.45, 2.75) is 20.5 Å². The lowest BCUT2D eigenvalue weighted by molar-refractivity contribution is 0.143. The molecule has 1 aliphatic rings. The number of nitrogens with zero attached hydrogens (tertiary/aromatic N) is 3. The van der Waals surface area contributed by atoms with Crippen molar-refractivity contribution in [3.63, 3.8) is 0 Å². The highest BCUT2D eigenvalue weighted by Gasteiger charge is 2.21. The van der Waals surface area contributed by atoms with Crippen molar-refractivity contribution in [3.05, 3.63) is 53.1 Å². The van der Waals surface area contributed by atoms with Gasteiger partial charge in [0.15, 0.2) is 11.8 Å². The number of nitrogens with one attached hydrogen (secondary N) is 2. The Morgan fingerprint density at radius 1 is 1.21 bits per heavy atom. The lowest BCUT2D eigenvalue weighted by Gasteiger charge is -2.37. The molecular formula is C20H25FN6O2. The number of hydrogen-bond acceptors (Lipinski definition) is 6. The summed E-state index contributed by atoms with van der Waals surface area (Å²) in [5.74, 6) is -0.936. The van der Waals surface area contributed by atoms with Crippen LogP contribution in [0.15, 0.2) is 30.3 Å². The van der Waals surface area contributed by atoms with E-state index in [4.69, 9.17) is 15.9 Å². The minimum atomic E-state index is -0.890. The minimum absolute atomic E-state index is 0.242. The Labute approximate surface area is 169 Å². The molecule has 1 aromatic heterocycles. The zero-order valence-corrected chi connectivity index (χ0v) is 16.5. The van der Waals surface area contributed by atoms with E-state index < -0.39 is 17.9 Å². The predicted molar refractivity (Wildman–Crippen MR) is 110 cm³/mol. The number of amides is 1. The Hall–Kier alpha value is -3.36. The maximum Gasteiger partial charge on any atom is 0.414 e. The van der Waals surface area contributed by atoms with Gasteiger partial charge in [-0.05, 0) is 32.0 Å². The van der Waals surface area contributed by atoms with Gasteiger partial charge in [0.2, 0.25) is 0 Å². The molecule has 0 aliphatic carbocycles. The van der Waals surface area contributed by atoms with Gasteiger partial charge in [-0.1, -0.05) is 12.1 Å². The first kappa shape index (κ1) is 20.4. The van der Waals surface area contributed by atoms with Crippen LogP contribution < -0.4 is 20.9 Å². The third-order valence-electron chi connectivity index (χ3n) is 4.71. The van der Waals surface area contributed by atoms with Gasteiger partial charge in [-0.2, -0.15) is 0 Å². The van der Waals surface area contributed by atoms with Crippen LogP contribution in [-0.4, -0.2) is 43.2 Å². The lowest BCUT2D eigenvalue weighted by Crippen LogP contribution is -2.47. The highest BCUT2D eigenvalue weighted by molar-refractivity contribution is 5.90. The van der Waals surface area contributed by atoms with Crippen molar-refractivity contribution in [2.75, 3.05) is 36.0 Å². The smallest absolute Gasteiger partial charge is 0.414 e. The molecule has 0 radical (unpaired) electrons. The van der Waals surface area contributed by atoms with Crippen LogP contribution in [0.1, 0.15) is 17.0 Å². The Morgan fingerprint density at radius 3 is 2.45 bits per heavy atom. The topological polar surface area (TPSA) is 108 Å². The Bertz CT molecular complexity index is 892. The number of ether oxygens (including phenoxy) is 1. The fraction of sp³-hybridized carbons (Fsp3) is 0.350. The molecule has 0 spiro atoms. The molecule has 0 saturated carbocycles. The van der Waals surface area contributed by atoms with E-state index in [1.165, 1.54) is 0 Å². The third-order valence-corrected chi connectivity index (χ3v) is 4.71. The zero-order chi connectivity index (χ0) is 21.0. The van der Waals surface area contributed by atoms with Gasteiger partial charge < -0.3 is 20.3 Å². The van der Waals surface area contributed by atoms with Gasteiger partial charge in [-0.15, -0.1) is 0 Å². The highest BCUT2D eigenvalue weighted by atomic mass is 19.1. The maximum absolute atomic E-state index is 15.0. The average molecular weight is 400 g/mol. The van der Waals surface area contributed by atoms with E-state index in [9.17, 15) is 9.18 Å². The molecule has 0 atom stereocenters. The molecule has 154 valence electrons. The monoisotopic (exact) mass is 400 g/mol. The summed E-state index contributed by atoms with van der Waals surface area (Å²) in [5, 5.41) is 8.99. The summed E-state index contributed by atoms with van der Waals surface area (Å²) in [6, 6.07) is 9.16. The summed E-state index contributed by atoms with van der Waals surface area (Å²) < 4.78 is 19.9. The van der Waals surface area contributed by atoms with Crippen LogP contribution in [0.2, 0.25) is 0 Å². The first-order valence-electron chi connectivity index (χ1n) is 9.34. The molecule has 8 nitrogen and oxygen atoms in total. The molecule has 29 heavy (non-hydrogen) atoms. The van der Waals surface area contributed by atoms with E-state index in [1.807, 2.05) is 24.1 Å². The third kappa shape index (κ3) is 5.13. The van der Waals surface area contributed by atoms with Gasteiger partial charge in [0.25, 0.3) is 0 Å². The van der Waals surface area contributed by atoms with Gasteiger partial charge in [0.1, 0.15) is 6.61 Å². The predicted octanol–water partition coefficient (Wildman–Crippen LogP) is 2.28. The van der Waals surface area contributed by atoms with Crippen molar-refractivity contribution in [1.82, 2.24) is 10.3 Å². The highest BCUT2D eigenvalue weighted by Crippen LogP contribution is 2.26. The van der Waals surface area contributed by atoms with Crippen molar-refractivity contribution in [3.8, 4) is 0 Å². The molecule has 1 aliphatic heterocycles. The van der Waals surface area contributed by atoms with Crippen LogP contribution in [-0.2, 0) is 11.3 Å². The molecule has 1 amide bonds. The van der Waals surface area contributed by atoms with E-state index in [2.05, 4.69) is 22.0 Å². The first-order valence-corrected chi connectivity index (χ1v) is 9.34. The normalized spacial score (nSPS) is 13.9. The molecule has 3 rings (SSSR count). The van der Waals surface area contributed by atoms with E-state index in [-0.39, 0.29) is 12.2 Å². The quantitative estimate of drug-likeness (QED) is 0.537. The fourth-order valence-corrected chi connectivity index (χ4v) is 3.41. The molecule has 0 unspecified atom stereocenters. The molecule has 1 fully saturated rings. The molecular weight excluding hydrogens is 375 g/mol. The van der Waals surface area contributed by atoms with Crippen molar-refractivity contribution < 1.29 is 13.9 Å². The molecule has 1 aromatic carbocycles. The Morgan fingerprint density at radius 2 is 1.83 bits per heavy atom. The summed E-state index contributed by atoms with van der Waals surface area (Å²) in [5.41, 5.74) is 8.92. The number of aromatic nitrogens is 1. The number of carbonyl (C=O) groups excluding carboxylic acids is 1. The standard InChI is InChI=1S/C20H25FN6O2/c1-13-10-16(11-14(2)24-13)26-6-8-27(9-7-26)17-5-3-4-15(18(17)21)12-29-20(28)25-19(22)23/h3-5,10-11H,6-9,12H2,1-2H3,(H4,22,23,25,28). The molecule has 1 saturated heterocycles. The van der Waals surface area contributed by atoms with Crippen LogP contribution >= 0.6 is 0 Å². The summed E-state index contributed by atoms with van der Waals surface area (Å²) in [7, 11) is 0. The van der Waals surface area contributed by atoms with Gasteiger partial charge in [-0.3, -0.25) is 15.7 Å².